The zero-order chi connectivity index (χ0) is 20.8. The SMILES string of the molecule is CCOc1ccc(N2C[C@@H](C(=O)N[C@H](CC(=O)OC)c3cccs3)CC2=O)cc1. The van der Waals surface area contributed by atoms with E-state index in [0.29, 0.717) is 13.2 Å². The topological polar surface area (TPSA) is 84.9 Å². The average molecular weight is 416 g/mol. The molecule has 154 valence electrons. The van der Waals surface area contributed by atoms with Gasteiger partial charge in [0.1, 0.15) is 5.75 Å². The number of carbonyl (C=O) groups excluding carboxylic acids is 3. The van der Waals surface area contributed by atoms with Gasteiger partial charge in [0.2, 0.25) is 11.8 Å². The van der Waals surface area contributed by atoms with Gasteiger partial charge in [0.25, 0.3) is 0 Å². The molecule has 2 atom stereocenters. The first-order valence-corrected chi connectivity index (χ1v) is 10.3. The van der Waals surface area contributed by atoms with Gasteiger partial charge in [-0.3, -0.25) is 14.4 Å². The molecule has 2 amide bonds. The zero-order valence-corrected chi connectivity index (χ0v) is 17.2. The zero-order valence-electron chi connectivity index (χ0n) is 16.4. The molecule has 2 aromatic rings. The van der Waals surface area contributed by atoms with Crippen molar-refractivity contribution in [3.63, 3.8) is 0 Å². The molecule has 3 rings (SSSR count). The minimum atomic E-state index is -0.478. The van der Waals surface area contributed by atoms with E-state index in [4.69, 9.17) is 9.47 Å². The maximum absolute atomic E-state index is 12.8. The van der Waals surface area contributed by atoms with Crippen molar-refractivity contribution in [1.82, 2.24) is 5.32 Å². The normalized spacial score (nSPS) is 17.1. The van der Waals surface area contributed by atoms with Gasteiger partial charge < -0.3 is 19.7 Å². The van der Waals surface area contributed by atoms with Gasteiger partial charge in [-0.15, -0.1) is 11.3 Å². The molecule has 0 saturated carbocycles. The Morgan fingerprint density at radius 1 is 1.28 bits per heavy atom. The van der Waals surface area contributed by atoms with Crippen LogP contribution in [0.3, 0.4) is 0 Å². The molecular weight excluding hydrogens is 392 g/mol. The van der Waals surface area contributed by atoms with Crippen molar-refractivity contribution in [3.8, 4) is 5.75 Å². The summed E-state index contributed by atoms with van der Waals surface area (Å²) in [6, 6.07) is 10.5. The minimum Gasteiger partial charge on any atom is -0.494 e. The van der Waals surface area contributed by atoms with E-state index in [-0.39, 0.29) is 24.7 Å². The lowest BCUT2D eigenvalue weighted by atomic mass is 10.1. The van der Waals surface area contributed by atoms with Crippen LogP contribution in [-0.2, 0) is 19.1 Å². The summed E-state index contributed by atoms with van der Waals surface area (Å²) < 4.78 is 10.2. The van der Waals surface area contributed by atoms with Crippen LogP contribution < -0.4 is 15.0 Å². The first-order chi connectivity index (χ1) is 14.0. The van der Waals surface area contributed by atoms with Crippen LogP contribution in [0, 0.1) is 5.92 Å². The molecular formula is C21H24N2O5S. The predicted octanol–water partition coefficient (Wildman–Crippen LogP) is 2.92. The number of thiophene rings is 1. The van der Waals surface area contributed by atoms with Crippen molar-refractivity contribution >= 4 is 34.8 Å². The van der Waals surface area contributed by atoms with Gasteiger partial charge in [-0.2, -0.15) is 0 Å². The number of esters is 1. The highest BCUT2D eigenvalue weighted by atomic mass is 32.1. The molecule has 0 radical (unpaired) electrons. The lowest BCUT2D eigenvalue weighted by Gasteiger charge is -2.20. The summed E-state index contributed by atoms with van der Waals surface area (Å²) in [5.74, 6) is -0.487. The van der Waals surface area contributed by atoms with Crippen LogP contribution in [0.4, 0.5) is 5.69 Å². The molecule has 1 aromatic carbocycles. The minimum absolute atomic E-state index is 0.0476. The quantitative estimate of drug-likeness (QED) is 0.669. The van der Waals surface area contributed by atoms with Gasteiger partial charge >= 0.3 is 5.97 Å². The van der Waals surface area contributed by atoms with Crippen molar-refractivity contribution in [2.24, 2.45) is 5.92 Å². The molecule has 0 spiro atoms. The second-order valence-corrected chi connectivity index (χ2v) is 7.67. The number of ether oxygens (including phenoxy) is 2. The van der Waals surface area contributed by atoms with Gasteiger partial charge in [-0.1, -0.05) is 6.07 Å². The molecule has 29 heavy (non-hydrogen) atoms. The Labute approximate surface area is 173 Å². The second kappa shape index (κ2) is 9.56. The highest BCUT2D eigenvalue weighted by Gasteiger charge is 2.36. The summed E-state index contributed by atoms with van der Waals surface area (Å²) >= 11 is 1.46. The number of hydrogen-bond acceptors (Lipinski definition) is 6. The molecule has 2 heterocycles. The molecule has 0 unspecified atom stereocenters. The Kier molecular flexibility index (Phi) is 6.87. The van der Waals surface area contributed by atoms with Crippen LogP contribution in [0.5, 0.6) is 5.75 Å². The predicted molar refractivity (Wildman–Crippen MR) is 110 cm³/mol. The van der Waals surface area contributed by atoms with Crippen molar-refractivity contribution in [3.05, 3.63) is 46.7 Å². The number of methoxy groups -OCH3 is 1. The monoisotopic (exact) mass is 416 g/mol. The van der Waals surface area contributed by atoms with Gasteiger partial charge in [-0.25, -0.2) is 0 Å². The third-order valence-corrected chi connectivity index (χ3v) is 5.74. The van der Waals surface area contributed by atoms with Crippen molar-refractivity contribution in [1.29, 1.82) is 0 Å². The molecule has 0 bridgehead atoms. The van der Waals surface area contributed by atoms with E-state index in [2.05, 4.69) is 5.32 Å². The van der Waals surface area contributed by atoms with Gasteiger partial charge in [-0.05, 0) is 42.6 Å². The molecule has 1 saturated heterocycles. The standard InChI is InChI=1S/C21H24N2O5S/c1-3-28-16-8-6-15(7-9-16)23-13-14(11-19(23)24)21(26)22-17(12-20(25)27-2)18-5-4-10-29-18/h4-10,14,17H,3,11-13H2,1-2H3,(H,22,26)/t14-,17+/m0/s1. The Morgan fingerprint density at radius 2 is 2.03 bits per heavy atom. The second-order valence-electron chi connectivity index (χ2n) is 6.69. The average Bonchev–Trinajstić information content (AvgIpc) is 3.38. The fourth-order valence-corrected chi connectivity index (χ4v) is 4.05. The summed E-state index contributed by atoms with van der Waals surface area (Å²) in [6.45, 7) is 2.78. The van der Waals surface area contributed by atoms with Crippen LogP contribution in [0.1, 0.15) is 30.7 Å². The van der Waals surface area contributed by atoms with Crippen molar-refractivity contribution in [2.75, 3.05) is 25.2 Å². The molecule has 1 N–H and O–H groups in total. The van der Waals surface area contributed by atoms with Gasteiger partial charge in [0.05, 0.1) is 32.1 Å². The Morgan fingerprint density at radius 3 is 2.66 bits per heavy atom. The van der Waals surface area contributed by atoms with E-state index in [9.17, 15) is 14.4 Å². The van der Waals surface area contributed by atoms with Gasteiger partial charge in [0.15, 0.2) is 0 Å². The number of rotatable bonds is 8. The highest BCUT2D eigenvalue weighted by molar-refractivity contribution is 7.10. The number of carbonyl (C=O) groups is 3. The van der Waals surface area contributed by atoms with E-state index in [1.807, 2.05) is 48.7 Å². The summed E-state index contributed by atoms with van der Waals surface area (Å²) in [6.07, 6.45) is 0.181. The molecule has 7 nitrogen and oxygen atoms in total. The Hall–Kier alpha value is -2.87. The molecule has 1 fully saturated rings. The van der Waals surface area contributed by atoms with E-state index in [0.717, 1.165) is 16.3 Å². The summed E-state index contributed by atoms with van der Waals surface area (Å²) in [4.78, 5) is 39.5. The van der Waals surface area contributed by atoms with Crippen LogP contribution >= 0.6 is 11.3 Å². The van der Waals surface area contributed by atoms with E-state index < -0.39 is 17.9 Å². The number of benzene rings is 1. The first-order valence-electron chi connectivity index (χ1n) is 9.45. The maximum Gasteiger partial charge on any atom is 0.307 e. The largest absolute Gasteiger partial charge is 0.494 e. The third kappa shape index (κ3) is 5.14. The van der Waals surface area contributed by atoms with E-state index in [1.54, 1.807) is 4.90 Å². The lowest BCUT2D eigenvalue weighted by molar-refractivity contribution is -0.141. The van der Waals surface area contributed by atoms with Crippen LogP contribution in [-0.4, -0.2) is 38.0 Å². The number of nitrogens with one attached hydrogen (secondary N) is 1. The van der Waals surface area contributed by atoms with Crippen LogP contribution in [0.25, 0.3) is 0 Å². The summed E-state index contributed by atoms with van der Waals surface area (Å²) in [5.41, 5.74) is 0.734. The molecule has 1 aromatic heterocycles. The van der Waals surface area contributed by atoms with Crippen molar-refractivity contribution < 1.29 is 23.9 Å². The summed E-state index contributed by atoms with van der Waals surface area (Å²) in [5, 5.41) is 4.80. The third-order valence-electron chi connectivity index (χ3n) is 4.76. The fraction of sp³-hybridized carbons (Fsp3) is 0.381. The first kappa shape index (κ1) is 20.9. The number of hydrogen-bond donors (Lipinski definition) is 1. The highest BCUT2D eigenvalue weighted by Crippen LogP contribution is 2.28. The Bertz CT molecular complexity index is 850. The van der Waals surface area contributed by atoms with E-state index >= 15 is 0 Å². The maximum atomic E-state index is 12.8. The number of amides is 2. The Balaban J connectivity index is 1.66. The lowest BCUT2D eigenvalue weighted by Crippen LogP contribution is -2.36. The summed E-state index contributed by atoms with van der Waals surface area (Å²) in [7, 11) is 1.32. The van der Waals surface area contributed by atoms with Crippen LogP contribution in [0.2, 0.25) is 0 Å². The number of nitrogens with zero attached hydrogens (tertiary/aromatic N) is 1. The van der Waals surface area contributed by atoms with Gasteiger partial charge in [0, 0.05) is 23.5 Å². The smallest absolute Gasteiger partial charge is 0.307 e. The van der Waals surface area contributed by atoms with Crippen LogP contribution in [0.15, 0.2) is 41.8 Å². The molecule has 1 aliphatic rings. The number of anilines is 1. The van der Waals surface area contributed by atoms with E-state index in [1.165, 1.54) is 18.4 Å². The fourth-order valence-electron chi connectivity index (χ4n) is 3.27. The molecule has 8 heteroatoms. The molecule has 0 aliphatic carbocycles. The molecule has 1 aliphatic heterocycles. The van der Waals surface area contributed by atoms with Crippen molar-refractivity contribution in [2.45, 2.75) is 25.8 Å².